The molecule has 0 radical (unpaired) electrons. The van der Waals surface area contributed by atoms with Crippen LogP contribution in [0.25, 0.3) is 0 Å². The van der Waals surface area contributed by atoms with Gasteiger partial charge in [-0.3, -0.25) is 4.79 Å². The SMILES string of the molecule is CC(C)=C(F)C(=O)N1CCNC[C@@H]1C. The molecule has 1 fully saturated rings. The molecule has 0 bridgehead atoms. The van der Waals surface area contributed by atoms with Crippen molar-refractivity contribution in [1.82, 2.24) is 10.2 Å². The molecule has 0 aromatic heterocycles. The average Bonchev–Trinajstić information content (AvgIpc) is 2.16. The van der Waals surface area contributed by atoms with Gasteiger partial charge in [0.15, 0.2) is 5.83 Å². The van der Waals surface area contributed by atoms with E-state index in [0.29, 0.717) is 12.1 Å². The minimum absolute atomic E-state index is 0.0707. The average molecular weight is 200 g/mol. The van der Waals surface area contributed by atoms with Crippen LogP contribution in [0.4, 0.5) is 4.39 Å². The molecule has 0 aliphatic carbocycles. The van der Waals surface area contributed by atoms with Crippen molar-refractivity contribution in [2.45, 2.75) is 26.8 Å². The van der Waals surface area contributed by atoms with Gasteiger partial charge in [0.05, 0.1) is 0 Å². The second-order valence-electron chi connectivity index (χ2n) is 3.87. The standard InChI is InChI=1S/C10H17FN2O/c1-7(2)9(11)10(14)13-5-4-12-6-8(13)3/h8,12H,4-6H2,1-3H3/t8-/m0/s1. The van der Waals surface area contributed by atoms with Crippen LogP contribution in [0.3, 0.4) is 0 Å². The van der Waals surface area contributed by atoms with Gasteiger partial charge in [0.1, 0.15) is 0 Å². The Morgan fingerprint density at radius 1 is 1.50 bits per heavy atom. The normalized spacial score (nSPS) is 22.0. The van der Waals surface area contributed by atoms with Crippen molar-refractivity contribution in [2.75, 3.05) is 19.6 Å². The molecule has 4 heteroatoms. The van der Waals surface area contributed by atoms with Crippen LogP contribution < -0.4 is 5.32 Å². The Morgan fingerprint density at radius 2 is 2.14 bits per heavy atom. The van der Waals surface area contributed by atoms with Gasteiger partial charge in [0.25, 0.3) is 5.91 Å². The number of allylic oxidation sites excluding steroid dienone is 1. The van der Waals surface area contributed by atoms with Crippen molar-refractivity contribution >= 4 is 5.91 Å². The smallest absolute Gasteiger partial charge is 0.282 e. The number of nitrogens with one attached hydrogen (secondary N) is 1. The summed E-state index contributed by atoms with van der Waals surface area (Å²) in [5.74, 6) is -1.09. The lowest BCUT2D eigenvalue weighted by molar-refractivity contribution is -0.131. The minimum atomic E-state index is -0.612. The van der Waals surface area contributed by atoms with Crippen molar-refractivity contribution in [3.63, 3.8) is 0 Å². The van der Waals surface area contributed by atoms with Gasteiger partial charge in [-0.1, -0.05) is 0 Å². The van der Waals surface area contributed by atoms with Gasteiger partial charge >= 0.3 is 0 Å². The van der Waals surface area contributed by atoms with Crippen molar-refractivity contribution in [3.8, 4) is 0 Å². The third kappa shape index (κ3) is 2.32. The Morgan fingerprint density at radius 3 is 2.64 bits per heavy atom. The second kappa shape index (κ2) is 4.55. The van der Waals surface area contributed by atoms with E-state index in [-0.39, 0.29) is 6.04 Å². The number of nitrogens with zero attached hydrogens (tertiary/aromatic N) is 1. The van der Waals surface area contributed by atoms with Gasteiger partial charge in [-0.2, -0.15) is 0 Å². The van der Waals surface area contributed by atoms with Crippen LogP contribution in [-0.4, -0.2) is 36.5 Å². The fourth-order valence-electron chi connectivity index (χ4n) is 1.48. The number of carbonyl (C=O) groups is 1. The molecular formula is C10H17FN2O. The van der Waals surface area contributed by atoms with Gasteiger partial charge in [-0.05, 0) is 26.3 Å². The van der Waals surface area contributed by atoms with Gasteiger partial charge < -0.3 is 10.2 Å². The Hall–Kier alpha value is -0.900. The van der Waals surface area contributed by atoms with Crippen LogP contribution in [0.15, 0.2) is 11.4 Å². The zero-order chi connectivity index (χ0) is 10.7. The fourth-order valence-corrected chi connectivity index (χ4v) is 1.48. The van der Waals surface area contributed by atoms with Crippen LogP contribution in [0.1, 0.15) is 20.8 Å². The molecule has 1 saturated heterocycles. The summed E-state index contributed by atoms with van der Waals surface area (Å²) >= 11 is 0. The summed E-state index contributed by atoms with van der Waals surface area (Å²) in [6.45, 7) is 7.21. The molecule has 3 nitrogen and oxygen atoms in total. The summed E-state index contributed by atoms with van der Waals surface area (Å²) in [5.41, 5.74) is 0.445. The number of hydrogen-bond donors (Lipinski definition) is 1. The molecule has 1 aliphatic rings. The maximum atomic E-state index is 13.3. The van der Waals surface area contributed by atoms with E-state index in [1.54, 1.807) is 18.7 Å². The van der Waals surface area contributed by atoms with E-state index in [9.17, 15) is 9.18 Å². The van der Waals surface area contributed by atoms with E-state index in [4.69, 9.17) is 0 Å². The molecule has 80 valence electrons. The number of amides is 1. The molecule has 0 saturated carbocycles. The lowest BCUT2D eigenvalue weighted by Crippen LogP contribution is -2.52. The molecule has 0 aromatic carbocycles. The predicted octanol–water partition coefficient (Wildman–Crippen LogP) is 1.07. The topological polar surface area (TPSA) is 32.3 Å². The van der Waals surface area contributed by atoms with Gasteiger partial charge in [-0.15, -0.1) is 0 Å². The molecule has 0 aromatic rings. The second-order valence-corrected chi connectivity index (χ2v) is 3.87. The minimum Gasteiger partial charge on any atom is -0.331 e. The van der Waals surface area contributed by atoms with Crippen LogP contribution in [0, 0.1) is 0 Å². The molecule has 0 spiro atoms. The summed E-state index contributed by atoms with van der Waals surface area (Å²) in [7, 11) is 0. The molecule has 0 unspecified atom stereocenters. The Bertz CT molecular complexity index is 259. The van der Waals surface area contributed by atoms with E-state index >= 15 is 0 Å². The summed E-state index contributed by atoms with van der Waals surface area (Å²) in [4.78, 5) is 13.2. The monoisotopic (exact) mass is 200 g/mol. The summed E-state index contributed by atoms with van der Waals surface area (Å²) in [6, 6.07) is 0.0707. The van der Waals surface area contributed by atoms with Crippen molar-refractivity contribution in [1.29, 1.82) is 0 Å². The molecular weight excluding hydrogens is 183 g/mol. The maximum Gasteiger partial charge on any atom is 0.282 e. The van der Waals surface area contributed by atoms with Crippen LogP contribution in [0.5, 0.6) is 0 Å². The first-order valence-electron chi connectivity index (χ1n) is 4.88. The first kappa shape index (κ1) is 11.2. The highest BCUT2D eigenvalue weighted by Gasteiger charge is 2.26. The first-order valence-corrected chi connectivity index (χ1v) is 4.88. The Balaban J connectivity index is 2.73. The highest BCUT2D eigenvalue weighted by molar-refractivity contribution is 5.92. The predicted molar refractivity (Wildman–Crippen MR) is 53.5 cm³/mol. The lowest BCUT2D eigenvalue weighted by atomic mass is 10.2. The van der Waals surface area contributed by atoms with Gasteiger partial charge in [0, 0.05) is 25.7 Å². The number of carbonyl (C=O) groups excluding carboxylic acids is 1. The molecule has 1 amide bonds. The fraction of sp³-hybridized carbons (Fsp3) is 0.700. The number of piperazine rings is 1. The summed E-state index contributed by atoms with van der Waals surface area (Å²) in [6.07, 6.45) is 0. The Labute approximate surface area is 84.0 Å². The van der Waals surface area contributed by atoms with E-state index < -0.39 is 11.7 Å². The van der Waals surface area contributed by atoms with Crippen molar-refractivity contribution < 1.29 is 9.18 Å². The van der Waals surface area contributed by atoms with Crippen molar-refractivity contribution in [2.24, 2.45) is 0 Å². The molecule has 1 heterocycles. The van der Waals surface area contributed by atoms with E-state index in [1.807, 2.05) is 6.92 Å². The molecule has 1 aliphatic heterocycles. The third-order valence-electron chi connectivity index (χ3n) is 2.39. The summed E-state index contributed by atoms with van der Waals surface area (Å²) < 4.78 is 13.3. The lowest BCUT2D eigenvalue weighted by Gasteiger charge is -2.33. The largest absolute Gasteiger partial charge is 0.331 e. The molecule has 14 heavy (non-hydrogen) atoms. The van der Waals surface area contributed by atoms with E-state index in [1.165, 1.54) is 0 Å². The number of rotatable bonds is 1. The maximum absolute atomic E-state index is 13.3. The zero-order valence-corrected chi connectivity index (χ0v) is 8.93. The van der Waals surface area contributed by atoms with Crippen LogP contribution >= 0.6 is 0 Å². The number of hydrogen-bond acceptors (Lipinski definition) is 2. The molecule has 1 rings (SSSR count). The summed E-state index contributed by atoms with van der Waals surface area (Å²) in [5, 5.41) is 3.16. The van der Waals surface area contributed by atoms with Crippen LogP contribution in [0.2, 0.25) is 0 Å². The quantitative estimate of drug-likeness (QED) is 0.642. The highest BCUT2D eigenvalue weighted by Crippen LogP contribution is 2.12. The zero-order valence-electron chi connectivity index (χ0n) is 8.93. The first-order chi connectivity index (χ1) is 6.54. The van der Waals surface area contributed by atoms with Gasteiger partial charge in [0.2, 0.25) is 0 Å². The van der Waals surface area contributed by atoms with Crippen molar-refractivity contribution in [3.05, 3.63) is 11.4 Å². The third-order valence-corrected chi connectivity index (χ3v) is 2.39. The molecule has 1 atom stereocenters. The Kier molecular flexibility index (Phi) is 3.63. The van der Waals surface area contributed by atoms with Gasteiger partial charge in [-0.25, -0.2) is 4.39 Å². The highest BCUT2D eigenvalue weighted by atomic mass is 19.1. The molecule has 1 N–H and O–H groups in total. The van der Waals surface area contributed by atoms with E-state index in [0.717, 1.165) is 13.1 Å². The van der Waals surface area contributed by atoms with Crippen LogP contribution in [-0.2, 0) is 4.79 Å². The number of halogens is 1. The van der Waals surface area contributed by atoms with E-state index in [2.05, 4.69) is 5.32 Å².